The van der Waals surface area contributed by atoms with Crippen LogP contribution in [0.4, 0.5) is 0 Å². The Morgan fingerprint density at radius 1 is 1.10 bits per heavy atom. The largest absolute Gasteiger partial charge is 0.485 e. The summed E-state index contributed by atoms with van der Waals surface area (Å²) in [5, 5.41) is 3.12. The summed E-state index contributed by atoms with van der Waals surface area (Å²) in [5.41, 5.74) is 0.235. The first-order valence-corrected chi connectivity index (χ1v) is 10.9. The Bertz CT molecular complexity index is 771. The average Bonchev–Trinajstić information content (AvgIpc) is 2.70. The third kappa shape index (κ3) is 3.58. The molecule has 156 valence electrons. The highest BCUT2D eigenvalue weighted by atomic mass is 16.6. The summed E-state index contributed by atoms with van der Waals surface area (Å²) in [4.78, 5) is 24.8. The van der Waals surface area contributed by atoms with Gasteiger partial charge in [0.15, 0.2) is 18.1 Å². The SMILES string of the molecule is C[C@@H](NC(=O)COC(=O)[C@@H]1COc2ccccc2O1)C12CC3CC(CC(C3)C1)C2. The van der Waals surface area contributed by atoms with Crippen molar-refractivity contribution >= 4 is 11.9 Å². The van der Waals surface area contributed by atoms with Gasteiger partial charge in [0.1, 0.15) is 6.61 Å². The maximum atomic E-state index is 12.5. The van der Waals surface area contributed by atoms with Crippen LogP contribution in [0.15, 0.2) is 24.3 Å². The number of hydrogen-bond acceptors (Lipinski definition) is 5. The number of fused-ring (bicyclic) bond motifs is 1. The molecule has 2 atom stereocenters. The molecule has 0 radical (unpaired) electrons. The van der Waals surface area contributed by atoms with E-state index < -0.39 is 12.1 Å². The first-order chi connectivity index (χ1) is 14.0. The van der Waals surface area contributed by atoms with Gasteiger partial charge in [-0.05, 0) is 80.8 Å². The summed E-state index contributed by atoms with van der Waals surface area (Å²) in [7, 11) is 0. The van der Waals surface area contributed by atoms with Gasteiger partial charge in [-0.2, -0.15) is 0 Å². The Hall–Kier alpha value is -2.24. The molecule has 0 spiro atoms. The predicted octanol–water partition coefficient (Wildman–Crippen LogP) is 3.09. The Balaban J connectivity index is 1.12. The number of para-hydroxylation sites is 2. The van der Waals surface area contributed by atoms with Gasteiger partial charge in [-0.3, -0.25) is 4.79 Å². The van der Waals surface area contributed by atoms with E-state index >= 15 is 0 Å². The Morgan fingerprint density at radius 3 is 2.38 bits per heavy atom. The van der Waals surface area contributed by atoms with E-state index in [0.717, 1.165) is 17.8 Å². The molecule has 4 bridgehead atoms. The van der Waals surface area contributed by atoms with Gasteiger partial charge in [-0.25, -0.2) is 4.79 Å². The molecule has 4 aliphatic carbocycles. The van der Waals surface area contributed by atoms with E-state index in [9.17, 15) is 9.59 Å². The summed E-state index contributed by atoms with van der Waals surface area (Å²) in [5.74, 6) is 2.83. The van der Waals surface area contributed by atoms with Crippen LogP contribution in [0.3, 0.4) is 0 Å². The second kappa shape index (κ2) is 7.22. The van der Waals surface area contributed by atoms with Gasteiger partial charge in [-0.15, -0.1) is 0 Å². The Kier molecular flexibility index (Phi) is 4.67. The fraction of sp³-hybridized carbons (Fsp3) is 0.652. The van der Waals surface area contributed by atoms with Crippen LogP contribution in [0.2, 0.25) is 0 Å². The van der Waals surface area contributed by atoms with Gasteiger partial charge in [0, 0.05) is 6.04 Å². The van der Waals surface area contributed by atoms with Crippen molar-refractivity contribution in [3.05, 3.63) is 24.3 Å². The summed E-state index contributed by atoms with van der Waals surface area (Å²) in [6.45, 7) is 1.93. The molecule has 4 fully saturated rings. The third-order valence-electron chi connectivity index (χ3n) is 7.50. The third-order valence-corrected chi connectivity index (χ3v) is 7.50. The van der Waals surface area contributed by atoms with Crippen LogP contribution in [0, 0.1) is 23.2 Å². The molecular weight excluding hydrogens is 370 g/mol. The van der Waals surface area contributed by atoms with Crippen molar-refractivity contribution in [3.8, 4) is 11.5 Å². The molecule has 1 aliphatic heterocycles. The lowest BCUT2D eigenvalue weighted by Crippen LogP contribution is -2.56. The molecule has 5 aliphatic rings. The fourth-order valence-electron chi connectivity index (χ4n) is 6.51. The number of benzene rings is 1. The van der Waals surface area contributed by atoms with Gasteiger partial charge < -0.3 is 19.5 Å². The molecule has 6 nitrogen and oxygen atoms in total. The van der Waals surface area contributed by atoms with Crippen LogP contribution >= 0.6 is 0 Å². The van der Waals surface area contributed by atoms with Crippen LogP contribution in [-0.4, -0.2) is 37.2 Å². The van der Waals surface area contributed by atoms with Crippen molar-refractivity contribution in [2.24, 2.45) is 23.2 Å². The molecule has 1 aromatic carbocycles. The number of nitrogens with one attached hydrogen (secondary N) is 1. The van der Waals surface area contributed by atoms with E-state index in [-0.39, 0.29) is 30.6 Å². The maximum absolute atomic E-state index is 12.5. The number of rotatable bonds is 5. The molecule has 1 aromatic rings. The molecule has 6 rings (SSSR count). The number of amides is 1. The number of hydrogen-bond donors (Lipinski definition) is 1. The van der Waals surface area contributed by atoms with E-state index in [1.54, 1.807) is 12.1 Å². The van der Waals surface area contributed by atoms with Gasteiger partial charge in [0.2, 0.25) is 6.10 Å². The zero-order chi connectivity index (χ0) is 20.0. The quantitative estimate of drug-likeness (QED) is 0.771. The summed E-state index contributed by atoms with van der Waals surface area (Å²) in [6.07, 6.45) is 6.98. The molecule has 0 unspecified atom stereocenters. The van der Waals surface area contributed by atoms with E-state index in [4.69, 9.17) is 14.2 Å². The highest BCUT2D eigenvalue weighted by Crippen LogP contribution is 2.61. The van der Waals surface area contributed by atoms with Crippen LogP contribution in [0.5, 0.6) is 11.5 Å². The Morgan fingerprint density at radius 2 is 1.72 bits per heavy atom. The normalized spacial score (nSPS) is 35.1. The topological polar surface area (TPSA) is 73.9 Å². The second-order valence-electron chi connectivity index (χ2n) is 9.54. The minimum atomic E-state index is -0.849. The maximum Gasteiger partial charge on any atom is 0.351 e. The van der Waals surface area contributed by atoms with Crippen molar-refractivity contribution in [3.63, 3.8) is 0 Å². The number of ether oxygens (including phenoxy) is 3. The lowest BCUT2D eigenvalue weighted by Gasteiger charge is -2.59. The average molecular weight is 399 g/mol. The molecule has 1 heterocycles. The van der Waals surface area contributed by atoms with E-state index in [2.05, 4.69) is 12.2 Å². The molecular formula is C23H29NO5. The molecule has 6 heteroatoms. The molecule has 4 saturated carbocycles. The summed E-state index contributed by atoms with van der Waals surface area (Å²) < 4.78 is 16.4. The Labute approximate surface area is 171 Å². The summed E-state index contributed by atoms with van der Waals surface area (Å²) >= 11 is 0. The van der Waals surface area contributed by atoms with Crippen molar-refractivity contribution in [1.29, 1.82) is 0 Å². The van der Waals surface area contributed by atoms with Crippen molar-refractivity contribution in [2.45, 2.75) is 57.6 Å². The van der Waals surface area contributed by atoms with E-state index in [1.165, 1.54) is 38.5 Å². The van der Waals surface area contributed by atoms with Gasteiger partial charge in [-0.1, -0.05) is 12.1 Å². The molecule has 0 aromatic heterocycles. The first kappa shape index (κ1) is 18.8. The summed E-state index contributed by atoms with van der Waals surface area (Å²) in [6, 6.07) is 7.30. The standard InChI is InChI=1S/C23H29NO5/c1-14(23-9-15-6-16(10-23)8-17(7-15)11-23)24-21(25)13-28-22(26)20-12-27-18-4-2-3-5-19(18)29-20/h2-5,14-17,20H,6-13H2,1H3,(H,24,25)/t14-,15?,16?,17?,20+,23?/m1/s1. The number of carbonyl (C=O) groups excluding carboxylic acids is 2. The van der Waals surface area contributed by atoms with Gasteiger partial charge in [0.25, 0.3) is 5.91 Å². The molecule has 0 saturated heterocycles. The zero-order valence-electron chi connectivity index (χ0n) is 16.9. The lowest BCUT2D eigenvalue weighted by atomic mass is 9.48. The number of carbonyl (C=O) groups is 2. The van der Waals surface area contributed by atoms with Crippen LogP contribution < -0.4 is 14.8 Å². The lowest BCUT2D eigenvalue weighted by molar-refractivity contribution is -0.158. The van der Waals surface area contributed by atoms with E-state index in [1.807, 2.05) is 12.1 Å². The highest BCUT2D eigenvalue weighted by molar-refractivity contribution is 5.82. The van der Waals surface area contributed by atoms with Crippen molar-refractivity contribution in [2.75, 3.05) is 13.2 Å². The highest BCUT2D eigenvalue weighted by Gasteiger charge is 2.53. The molecule has 1 N–H and O–H groups in total. The minimum Gasteiger partial charge on any atom is -0.485 e. The number of esters is 1. The van der Waals surface area contributed by atoms with Gasteiger partial charge in [0.05, 0.1) is 0 Å². The van der Waals surface area contributed by atoms with Crippen LogP contribution in [0.25, 0.3) is 0 Å². The van der Waals surface area contributed by atoms with Crippen LogP contribution in [-0.2, 0) is 14.3 Å². The first-order valence-electron chi connectivity index (χ1n) is 10.9. The molecule has 29 heavy (non-hydrogen) atoms. The smallest absolute Gasteiger partial charge is 0.351 e. The minimum absolute atomic E-state index is 0.0845. The van der Waals surface area contributed by atoms with Gasteiger partial charge >= 0.3 is 5.97 Å². The van der Waals surface area contributed by atoms with Crippen molar-refractivity contribution in [1.82, 2.24) is 5.32 Å². The van der Waals surface area contributed by atoms with E-state index in [0.29, 0.717) is 11.5 Å². The zero-order valence-corrected chi connectivity index (χ0v) is 16.9. The fourth-order valence-corrected chi connectivity index (χ4v) is 6.51. The molecule has 1 amide bonds. The monoisotopic (exact) mass is 399 g/mol. The van der Waals surface area contributed by atoms with Crippen LogP contribution in [0.1, 0.15) is 45.4 Å². The predicted molar refractivity (Wildman–Crippen MR) is 106 cm³/mol. The van der Waals surface area contributed by atoms with Crippen molar-refractivity contribution < 1.29 is 23.8 Å². The second-order valence-corrected chi connectivity index (χ2v) is 9.54.